The fraction of sp³-hybridized carbons (Fsp3) is 0.323. The van der Waals surface area contributed by atoms with Gasteiger partial charge in [-0.05, 0) is 37.6 Å². The summed E-state index contributed by atoms with van der Waals surface area (Å²) in [6, 6.07) is 3.78. The Morgan fingerprint density at radius 2 is 1.85 bits per heavy atom. The average Bonchev–Trinajstić information content (AvgIpc) is 2.99. The minimum Gasteiger partial charge on any atom is -0.480 e. The van der Waals surface area contributed by atoms with Gasteiger partial charge in [-0.15, -0.1) is 0 Å². The third kappa shape index (κ3) is 6.14. The maximum absolute atomic E-state index is 15.1. The Bertz CT molecular complexity index is 1890. The van der Waals surface area contributed by atoms with E-state index in [9.17, 15) is 32.7 Å². The molecule has 1 aliphatic rings. The maximum atomic E-state index is 15.1. The van der Waals surface area contributed by atoms with E-state index in [1.165, 1.54) is 10.8 Å². The number of alkyl halides is 3. The van der Waals surface area contributed by atoms with Gasteiger partial charge < -0.3 is 20.1 Å². The van der Waals surface area contributed by atoms with E-state index in [2.05, 4.69) is 15.3 Å². The lowest BCUT2D eigenvalue weighted by Crippen LogP contribution is -2.53. The summed E-state index contributed by atoms with van der Waals surface area (Å²) >= 11 is 0. The number of rotatable bonds is 7. The molecule has 0 spiro atoms. The second kappa shape index (κ2) is 12.5. The minimum absolute atomic E-state index is 0.109. The Labute approximate surface area is 258 Å². The molecule has 2 atom stereocenters. The number of carbonyl (C=O) groups is 2. The first-order valence-electron chi connectivity index (χ1n) is 14.0. The highest BCUT2D eigenvalue weighted by Crippen LogP contribution is 2.33. The number of carboxylic acid groups (broad SMARTS) is 1. The molecule has 15 heteroatoms. The highest BCUT2D eigenvalue weighted by Gasteiger charge is 2.46. The molecule has 2 aromatic heterocycles. The van der Waals surface area contributed by atoms with Gasteiger partial charge in [0, 0.05) is 42.8 Å². The summed E-state index contributed by atoms with van der Waals surface area (Å²) in [6.45, 7) is 2.23. The van der Waals surface area contributed by atoms with Crippen molar-refractivity contribution >= 4 is 28.5 Å². The smallest absolute Gasteiger partial charge is 0.411 e. The van der Waals surface area contributed by atoms with Gasteiger partial charge in [-0.3, -0.25) is 19.1 Å². The fourth-order valence-corrected chi connectivity index (χ4v) is 5.54. The molecule has 1 saturated heterocycles. The normalized spacial score (nSPS) is 16.0. The van der Waals surface area contributed by atoms with Gasteiger partial charge in [0.1, 0.15) is 35.1 Å². The number of hydrogen-bond acceptors (Lipinski definition) is 7. The van der Waals surface area contributed by atoms with Gasteiger partial charge in [0.05, 0.1) is 30.0 Å². The number of carboxylic acids is 1. The molecule has 1 fully saturated rings. The molecule has 0 saturated carbocycles. The van der Waals surface area contributed by atoms with E-state index in [0.717, 1.165) is 4.90 Å². The number of morpholine rings is 1. The van der Waals surface area contributed by atoms with Gasteiger partial charge in [0.2, 0.25) is 0 Å². The van der Waals surface area contributed by atoms with Crippen molar-refractivity contribution in [3.05, 3.63) is 87.2 Å². The van der Waals surface area contributed by atoms with E-state index >= 15 is 8.78 Å². The lowest BCUT2D eigenvalue weighted by molar-refractivity contribution is -0.167. The number of hydrogen-bond donors (Lipinski definition) is 2. The quantitative estimate of drug-likeness (QED) is 0.288. The lowest BCUT2D eigenvalue weighted by Gasteiger charge is -2.38. The number of aryl methyl sites for hydroxylation is 2. The standard InChI is InChI=1S/C31H28F5N5O5/c1-15-25(29(43)40(3)16(2)38-15)20-7-6-17(19-5-4-8-37-27(19)20)11-23(30(44)45)39-28(42)26-21(32)12-18(13-22(26)33)41-9-10-46-14-24(41)31(34,35)36/h4-8,12-13,23-24H,9-11,14H2,1-3H3,(H,39,42)(H,44,45)/t23-,24+/m0/s1. The first-order valence-corrected chi connectivity index (χ1v) is 14.0. The maximum Gasteiger partial charge on any atom is 0.411 e. The van der Waals surface area contributed by atoms with E-state index in [1.807, 2.05) is 0 Å². The van der Waals surface area contributed by atoms with Crippen molar-refractivity contribution in [2.24, 2.45) is 7.05 Å². The van der Waals surface area contributed by atoms with Gasteiger partial charge in [-0.2, -0.15) is 13.2 Å². The highest BCUT2D eigenvalue weighted by molar-refractivity contribution is 5.99. The molecule has 0 bridgehead atoms. The van der Waals surface area contributed by atoms with Crippen LogP contribution in [0.1, 0.15) is 27.4 Å². The summed E-state index contributed by atoms with van der Waals surface area (Å²) in [6.07, 6.45) is -3.59. The summed E-state index contributed by atoms with van der Waals surface area (Å²) in [4.78, 5) is 47.9. The second-order valence-corrected chi connectivity index (χ2v) is 10.8. The Hall–Kier alpha value is -4.92. The van der Waals surface area contributed by atoms with Crippen molar-refractivity contribution in [2.45, 2.75) is 38.5 Å². The van der Waals surface area contributed by atoms with Gasteiger partial charge in [-0.25, -0.2) is 18.6 Å². The number of anilines is 1. The monoisotopic (exact) mass is 645 g/mol. The number of fused-ring (bicyclic) bond motifs is 1. The van der Waals surface area contributed by atoms with Crippen molar-refractivity contribution < 1.29 is 41.4 Å². The fourth-order valence-electron chi connectivity index (χ4n) is 5.54. The largest absolute Gasteiger partial charge is 0.480 e. The number of aliphatic carboxylic acids is 1. The highest BCUT2D eigenvalue weighted by atomic mass is 19.4. The van der Waals surface area contributed by atoms with Crippen LogP contribution in [0, 0.1) is 25.5 Å². The average molecular weight is 646 g/mol. The number of halogens is 5. The van der Waals surface area contributed by atoms with Crippen LogP contribution in [0.3, 0.4) is 0 Å². The zero-order valence-corrected chi connectivity index (χ0v) is 24.8. The predicted octanol–water partition coefficient (Wildman–Crippen LogP) is 4.08. The van der Waals surface area contributed by atoms with E-state index in [4.69, 9.17) is 4.74 Å². The Balaban J connectivity index is 1.45. The van der Waals surface area contributed by atoms with Gasteiger partial charge in [0.25, 0.3) is 11.5 Å². The molecule has 242 valence electrons. The van der Waals surface area contributed by atoms with Gasteiger partial charge in [-0.1, -0.05) is 18.2 Å². The predicted molar refractivity (Wildman–Crippen MR) is 157 cm³/mol. The van der Waals surface area contributed by atoms with Crippen LogP contribution in [0.25, 0.3) is 22.0 Å². The summed E-state index contributed by atoms with van der Waals surface area (Å²) in [5.41, 5.74) is 0.0982. The molecule has 1 aliphatic heterocycles. The van der Waals surface area contributed by atoms with Crippen LogP contribution in [0.4, 0.5) is 27.6 Å². The van der Waals surface area contributed by atoms with E-state index in [-0.39, 0.29) is 25.1 Å². The van der Waals surface area contributed by atoms with Crippen LogP contribution in [0.15, 0.2) is 47.4 Å². The van der Waals surface area contributed by atoms with Gasteiger partial charge >= 0.3 is 12.1 Å². The Morgan fingerprint density at radius 3 is 2.50 bits per heavy atom. The van der Waals surface area contributed by atoms with Crippen molar-refractivity contribution in [1.29, 1.82) is 0 Å². The summed E-state index contributed by atoms with van der Waals surface area (Å²) in [5, 5.41) is 12.5. The van der Waals surface area contributed by atoms with Crippen LogP contribution in [0.2, 0.25) is 0 Å². The molecular formula is C31H28F5N5O5. The summed E-state index contributed by atoms with van der Waals surface area (Å²) in [7, 11) is 1.58. The molecule has 10 nitrogen and oxygen atoms in total. The lowest BCUT2D eigenvalue weighted by atomic mass is 9.95. The summed E-state index contributed by atoms with van der Waals surface area (Å²) < 4.78 is 77.0. The first-order chi connectivity index (χ1) is 21.7. The third-order valence-corrected chi connectivity index (χ3v) is 7.94. The molecule has 0 unspecified atom stereocenters. The Morgan fingerprint density at radius 1 is 1.15 bits per heavy atom. The number of amides is 1. The molecule has 0 aliphatic carbocycles. The summed E-state index contributed by atoms with van der Waals surface area (Å²) in [5.74, 6) is -5.35. The molecule has 4 aromatic rings. The molecule has 2 N–H and O–H groups in total. The van der Waals surface area contributed by atoms with Crippen molar-refractivity contribution in [1.82, 2.24) is 19.9 Å². The molecule has 5 rings (SSSR count). The van der Waals surface area contributed by atoms with Crippen LogP contribution >= 0.6 is 0 Å². The van der Waals surface area contributed by atoms with Crippen LogP contribution < -0.4 is 15.8 Å². The van der Waals surface area contributed by atoms with Gasteiger partial charge in [0.15, 0.2) is 0 Å². The number of benzene rings is 2. The molecule has 0 radical (unpaired) electrons. The van der Waals surface area contributed by atoms with Crippen molar-refractivity contribution in [3.8, 4) is 11.1 Å². The van der Waals surface area contributed by atoms with E-state index in [1.54, 1.807) is 45.2 Å². The van der Waals surface area contributed by atoms with Crippen LogP contribution in [-0.2, 0) is 23.0 Å². The van der Waals surface area contributed by atoms with Crippen molar-refractivity contribution in [2.75, 3.05) is 24.7 Å². The number of nitrogens with zero attached hydrogens (tertiary/aromatic N) is 4. The first kappa shape index (κ1) is 32.5. The third-order valence-electron chi connectivity index (χ3n) is 7.94. The topological polar surface area (TPSA) is 127 Å². The number of carbonyl (C=O) groups excluding carboxylic acids is 1. The van der Waals surface area contributed by atoms with E-state index < -0.39 is 59.6 Å². The van der Waals surface area contributed by atoms with Crippen LogP contribution in [-0.4, -0.2) is 69.5 Å². The zero-order valence-electron chi connectivity index (χ0n) is 24.8. The SMILES string of the molecule is Cc1nc(C)n(C)c(=O)c1-c1ccc(C[C@H](NC(=O)c2c(F)cc(N3CCOC[C@@H]3C(F)(F)F)cc2F)C(=O)O)c2cccnc12. The van der Waals surface area contributed by atoms with Crippen molar-refractivity contribution in [3.63, 3.8) is 0 Å². The Kier molecular flexibility index (Phi) is 8.80. The second-order valence-electron chi connectivity index (χ2n) is 10.8. The number of ether oxygens (including phenoxy) is 1. The molecule has 3 heterocycles. The molecule has 2 aromatic carbocycles. The molecule has 46 heavy (non-hydrogen) atoms. The number of pyridine rings is 1. The zero-order chi connectivity index (χ0) is 33.5. The number of nitrogens with one attached hydrogen (secondary N) is 1. The van der Waals surface area contributed by atoms with E-state index in [0.29, 0.717) is 51.2 Å². The molecular weight excluding hydrogens is 617 g/mol. The molecule has 1 amide bonds. The number of aromatic nitrogens is 3. The minimum atomic E-state index is -4.75. The van der Waals surface area contributed by atoms with Crippen LogP contribution in [0.5, 0.6) is 0 Å².